The first kappa shape index (κ1) is 43.6. The van der Waals surface area contributed by atoms with E-state index in [2.05, 4.69) is 187 Å². The van der Waals surface area contributed by atoms with Crippen LogP contribution in [-0.2, 0) is 11.8 Å². The summed E-state index contributed by atoms with van der Waals surface area (Å²) in [7, 11) is 0. The summed E-state index contributed by atoms with van der Waals surface area (Å²) in [6.07, 6.45) is 9.34. The van der Waals surface area contributed by atoms with Gasteiger partial charge >= 0.3 is 0 Å². The normalized spacial score (nSPS) is 15.1. The Hall–Kier alpha value is -8.16. The zero-order valence-corrected chi connectivity index (χ0v) is 42.6. The topological polar surface area (TPSA) is 59.0 Å². The molecule has 7 aromatic carbocycles. The maximum absolute atomic E-state index is 7.44. The molecule has 7 heteroatoms. The predicted octanol–water partition coefficient (Wildman–Crippen LogP) is 16.7. The van der Waals surface area contributed by atoms with Crippen molar-refractivity contribution in [3.8, 4) is 33.6 Å². The number of hydrogen-bond donors (Lipinski definition) is 0. The minimum Gasteiger partial charge on any atom is -0.464 e. The molecule has 3 aliphatic rings. The predicted molar refractivity (Wildman–Crippen MR) is 302 cm³/mol. The molecular formula is C66H55BN2O4. The second kappa shape index (κ2) is 15.7. The fourth-order valence-corrected chi connectivity index (χ4v) is 12.2. The van der Waals surface area contributed by atoms with Gasteiger partial charge in [-0.3, -0.25) is 4.90 Å². The molecule has 0 bridgehead atoms. The highest BCUT2D eigenvalue weighted by Crippen LogP contribution is 2.51. The largest absolute Gasteiger partial charge is 0.464 e. The number of aryl methyl sites for hydroxylation is 2. The molecule has 6 nitrogen and oxygen atoms in total. The van der Waals surface area contributed by atoms with Gasteiger partial charge in [-0.25, -0.2) is 0 Å². The van der Waals surface area contributed by atoms with Crippen LogP contribution in [0.2, 0.25) is 0 Å². The molecule has 1 aliphatic carbocycles. The summed E-state index contributed by atoms with van der Waals surface area (Å²) >= 11 is 0. The Morgan fingerprint density at radius 3 is 1.88 bits per heavy atom. The number of fused-ring (bicyclic) bond motifs is 9. The van der Waals surface area contributed by atoms with Gasteiger partial charge in [0.25, 0.3) is 6.71 Å². The van der Waals surface area contributed by atoms with E-state index >= 15 is 0 Å². The zero-order valence-electron chi connectivity index (χ0n) is 42.6. The van der Waals surface area contributed by atoms with Crippen LogP contribution in [-0.4, -0.2) is 6.71 Å². The van der Waals surface area contributed by atoms with Crippen molar-refractivity contribution in [2.75, 3.05) is 9.80 Å². The number of anilines is 6. The third kappa shape index (κ3) is 6.70. The van der Waals surface area contributed by atoms with E-state index in [0.717, 1.165) is 124 Å². The van der Waals surface area contributed by atoms with Crippen molar-refractivity contribution in [3.63, 3.8) is 0 Å². The molecule has 1 unspecified atom stereocenters. The number of furan rings is 4. The van der Waals surface area contributed by atoms with Gasteiger partial charge in [0, 0.05) is 55.6 Å². The van der Waals surface area contributed by atoms with Crippen molar-refractivity contribution < 1.29 is 17.7 Å². The van der Waals surface area contributed by atoms with Crippen LogP contribution in [0.5, 0.6) is 0 Å². The summed E-state index contributed by atoms with van der Waals surface area (Å²) in [6.45, 7) is 18.4. The third-order valence-electron chi connectivity index (χ3n) is 16.0. The SMILES string of the molecule is Cc1cc(-c2cc3ccccc3o2)cc(C)c1N1c2cc(C(C)(C)C)cc3c2B(c2ccc(-c4coc5ccccc45)cc2N3c2cccc(-c3coc4ccccc34)c2)c2c1oc1c2CC(C(C)(C)C)C=C1. The lowest BCUT2D eigenvalue weighted by Crippen LogP contribution is -2.62. The molecule has 0 spiro atoms. The summed E-state index contributed by atoms with van der Waals surface area (Å²) in [5, 5.41) is 3.27. The molecule has 0 amide bonds. The van der Waals surface area contributed by atoms with Crippen molar-refractivity contribution in [3.05, 3.63) is 192 Å². The van der Waals surface area contributed by atoms with Crippen LogP contribution in [0.3, 0.4) is 0 Å². The molecular weight excluding hydrogens is 896 g/mol. The van der Waals surface area contributed by atoms with Crippen LogP contribution in [0.25, 0.3) is 72.6 Å². The molecule has 0 radical (unpaired) electrons. The molecule has 11 aromatic rings. The first-order valence-corrected chi connectivity index (χ1v) is 25.7. The van der Waals surface area contributed by atoms with E-state index in [1.165, 1.54) is 27.5 Å². The van der Waals surface area contributed by atoms with Gasteiger partial charge in [-0.1, -0.05) is 126 Å². The first-order chi connectivity index (χ1) is 35.3. The minimum absolute atomic E-state index is 0.0475. The summed E-state index contributed by atoms with van der Waals surface area (Å²) < 4.78 is 26.3. The standard InChI is InChI=1S/C66H55BN2O4/c1-38-28-43(60-32-42-16-9-12-21-56(42)72-60)29-39(2)63(38)69-55-35-45(66(6,7)8)34-54-62(55)67(61-49-33-44(65(3,4)5)25-27-59(49)73-64(61)69)52-26-24-41(51-37-71-58-23-14-11-20-48(51)58)31-53(52)68(54)46-18-15-17-40(30-46)50-36-70-57-22-13-10-19-47(50)57/h9-32,34-37,44H,33H2,1-8H3. The average Bonchev–Trinajstić information content (AvgIpc) is 4.20. The Bertz CT molecular complexity index is 4050. The third-order valence-corrected chi connectivity index (χ3v) is 16.0. The first-order valence-electron chi connectivity index (χ1n) is 25.7. The average molecular weight is 951 g/mol. The molecule has 0 saturated heterocycles. The second-order valence-electron chi connectivity index (χ2n) is 22.7. The van der Waals surface area contributed by atoms with Crippen LogP contribution in [0.1, 0.15) is 69.6 Å². The molecule has 0 N–H and O–H groups in total. The number of para-hydroxylation sites is 3. The molecule has 0 saturated carbocycles. The Morgan fingerprint density at radius 1 is 0.562 bits per heavy atom. The zero-order chi connectivity index (χ0) is 49.7. The van der Waals surface area contributed by atoms with Crippen molar-refractivity contribution in [2.45, 2.75) is 67.2 Å². The molecule has 0 fully saturated rings. The van der Waals surface area contributed by atoms with Crippen LogP contribution in [0.4, 0.5) is 34.3 Å². The lowest BCUT2D eigenvalue weighted by Gasteiger charge is -2.44. The van der Waals surface area contributed by atoms with Crippen molar-refractivity contribution >= 4 is 96.4 Å². The molecule has 4 aromatic heterocycles. The van der Waals surface area contributed by atoms with E-state index < -0.39 is 0 Å². The van der Waals surface area contributed by atoms with E-state index in [-0.39, 0.29) is 17.5 Å². The van der Waals surface area contributed by atoms with Crippen LogP contribution >= 0.6 is 0 Å². The lowest BCUT2D eigenvalue weighted by molar-refractivity contribution is 0.289. The maximum Gasteiger partial charge on any atom is 0.256 e. The molecule has 73 heavy (non-hydrogen) atoms. The fourth-order valence-electron chi connectivity index (χ4n) is 12.2. The van der Waals surface area contributed by atoms with Crippen LogP contribution < -0.4 is 26.2 Å². The maximum atomic E-state index is 7.44. The van der Waals surface area contributed by atoms with Crippen molar-refractivity contribution in [1.29, 1.82) is 0 Å². The van der Waals surface area contributed by atoms with E-state index in [4.69, 9.17) is 17.7 Å². The Balaban J connectivity index is 1.06. The number of benzene rings is 7. The Labute approximate surface area is 426 Å². The molecule has 1 atom stereocenters. The summed E-state index contributed by atoms with van der Waals surface area (Å²) in [4.78, 5) is 5.02. The lowest BCUT2D eigenvalue weighted by atomic mass is 9.33. The fraction of sp³-hybridized carbons (Fsp3) is 0.182. The van der Waals surface area contributed by atoms with E-state index in [9.17, 15) is 0 Å². The highest BCUT2D eigenvalue weighted by atomic mass is 16.4. The van der Waals surface area contributed by atoms with Crippen molar-refractivity contribution in [2.24, 2.45) is 11.3 Å². The quantitative estimate of drug-likeness (QED) is 0.160. The van der Waals surface area contributed by atoms with Crippen molar-refractivity contribution in [1.82, 2.24) is 0 Å². The van der Waals surface area contributed by atoms with Gasteiger partial charge in [0.2, 0.25) is 5.88 Å². The highest BCUT2D eigenvalue weighted by molar-refractivity contribution is 7.00. The number of allylic oxidation sites excluding steroid dienone is 1. The van der Waals surface area contributed by atoms with Gasteiger partial charge in [-0.15, -0.1) is 0 Å². The van der Waals surface area contributed by atoms with E-state index in [1.807, 2.05) is 48.9 Å². The number of rotatable bonds is 5. The highest BCUT2D eigenvalue weighted by Gasteiger charge is 2.49. The van der Waals surface area contributed by atoms with E-state index in [1.54, 1.807) is 0 Å². The summed E-state index contributed by atoms with van der Waals surface area (Å²) in [6, 6.07) is 52.7. The van der Waals surface area contributed by atoms with Crippen LogP contribution in [0.15, 0.2) is 182 Å². The number of nitrogens with zero attached hydrogens (tertiary/aromatic N) is 2. The second-order valence-corrected chi connectivity index (χ2v) is 22.7. The monoisotopic (exact) mass is 950 g/mol. The van der Waals surface area contributed by atoms with Gasteiger partial charge in [-0.05, 0) is 160 Å². The van der Waals surface area contributed by atoms with Gasteiger partial charge in [-0.2, -0.15) is 0 Å². The Kier molecular flexibility index (Phi) is 9.36. The van der Waals surface area contributed by atoms with Gasteiger partial charge in [0.1, 0.15) is 28.3 Å². The minimum atomic E-state index is -0.214. The van der Waals surface area contributed by atoms with E-state index in [0.29, 0.717) is 5.92 Å². The Morgan fingerprint density at radius 2 is 1.21 bits per heavy atom. The summed E-state index contributed by atoms with van der Waals surface area (Å²) in [5.74, 6) is 3.02. The molecule has 6 heterocycles. The van der Waals surface area contributed by atoms with Crippen LogP contribution in [0, 0.1) is 25.2 Å². The van der Waals surface area contributed by atoms with Gasteiger partial charge < -0.3 is 22.6 Å². The molecule has 14 rings (SSSR count). The summed E-state index contributed by atoms with van der Waals surface area (Å²) in [5.41, 5.74) is 22.0. The number of hydrogen-bond acceptors (Lipinski definition) is 6. The molecule has 356 valence electrons. The van der Waals surface area contributed by atoms with Gasteiger partial charge in [0.05, 0.1) is 18.2 Å². The van der Waals surface area contributed by atoms with Gasteiger partial charge in [0.15, 0.2) is 0 Å². The smallest absolute Gasteiger partial charge is 0.256 e. The molecule has 2 aliphatic heterocycles.